The fourth-order valence-corrected chi connectivity index (χ4v) is 4.46. The minimum atomic E-state index is -3.60. The van der Waals surface area contributed by atoms with Crippen LogP contribution in [0.4, 0.5) is 10.5 Å². The van der Waals surface area contributed by atoms with E-state index in [-0.39, 0.29) is 17.0 Å². The van der Waals surface area contributed by atoms with E-state index in [2.05, 4.69) is 10.0 Å². The molecule has 0 atom stereocenters. The van der Waals surface area contributed by atoms with Crippen molar-refractivity contribution in [2.75, 3.05) is 25.5 Å². The van der Waals surface area contributed by atoms with Gasteiger partial charge in [0.15, 0.2) is 0 Å². The number of urea groups is 1. The fraction of sp³-hybridized carbons (Fsp3) is 0.350. The molecular weight excluding hydrogens is 378 g/mol. The molecule has 1 fully saturated rings. The van der Waals surface area contributed by atoms with E-state index in [0.29, 0.717) is 31.7 Å². The van der Waals surface area contributed by atoms with Crippen molar-refractivity contribution in [1.29, 1.82) is 0 Å². The Morgan fingerprint density at radius 2 is 1.71 bits per heavy atom. The molecule has 0 aromatic heterocycles. The molecule has 0 radical (unpaired) electrons. The molecule has 2 N–H and O–H groups in total. The molecule has 28 heavy (non-hydrogen) atoms. The number of benzene rings is 2. The number of carbonyl (C=O) groups excluding carboxylic acids is 1. The quantitative estimate of drug-likeness (QED) is 0.803. The highest BCUT2D eigenvalue weighted by Crippen LogP contribution is 2.19. The molecule has 2 amide bonds. The molecule has 0 spiro atoms. The lowest BCUT2D eigenvalue weighted by Crippen LogP contribution is -2.47. The van der Waals surface area contributed by atoms with Crippen molar-refractivity contribution in [3.8, 4) is 5.75 Å². The first-order chi connectivity index (χ1) is 13.4. The van der Waals surface area contributed by atoms with Crippen LogP contribution in [0.5, 0.6) is 5.75 Å². The third-order valence-corrected chi connectivity index (χ3v) is 6.40. The second kappa shape index (κ2) is 8.62. The minimum absolute atomic E-state index is 0.161. The van der Waals surface area contributed by atoms with Crippen LogP contribution in [0, 0.1) is 6.92 Å². The van der Waals surface area contributed by atoms with E-state index < -0.39 is 10.0 Å². The predicted octanol–water partition coefficient (Wildman–Crippen LogP) is 2.98. The van der Waals surface area contributed by atoms with Gasteiger partial charge >= 0.3 is 6.03 Å². The Bertz CT molecular complexity index is 921. The lowest BCUT2D eigenvalue weighted by Gasteiger charge is -2.32. The highest BCUT2D eigenvalue weighted by molar-refractivity contribution is 7.89. The summed E-state index contributed by atoms with van der Waals surface area (Å²) in [4.78, 5) is 14.4. The molecule has 7 nitrogen and oxygen atoms in total. The SMILES string of the molecule is COc1ccc(S(=O)(=O)NC2CCN(C(=O)Nc3ccccc3C)CC2)cc1. The van der Waals surface area contributed by atoms with Gasteiger partial charge in [0.25, 0.3) is 0 Å². The molecule has 1 aliphatic rings. The van der Waals surface area contributed by atoms with E-state index in [9.17, 15) is 13.2 Å². The zero-order valence-electron chi connectivity index (χ0n) is 16.0. The van der Waals surface area contributed by atoms with Crippen LogP contribution in [0.3, 0.4) is 0 Å². The van der Waals surface area contributed by atoms with Crippen LogP contribution in [-0.2, 0) is 10.0 Å². The van der Waals surface area contributed by atoms with Crippen LogP contribution in [0.1, 0.15) is 18.4 Å². The number of hydrogen-bond acceptors (Lipinski definition) is 4. The number of ether oxygens (including phenoxy) is 1. The zero-order chi connectivity index (χ0) is 20.1. The van der Waals surface area contributed by atoms with Crippen LogP contribution in [0.2, 0.25) is 0 Å². The molecule has 1 saturated heterocycles. The number of rotatable bonds is 5. The summed E-state index contributed by atoms with van der Waals surface area (Å²) in [6.45, 7) is 2.93. The van der Waals surface area contributed by atoms with Crippen molar-refractivity contribution >= 4 is 21.7 Å². The van der Waals surface area contributed by atoms with Gasteiger partial charge in [-0.3, -0.25) is 0 Å². The van der Waals surface area contributed by atoms with Gasteiger partial charge in [-0.2, -0.15) is 0 Å². The monoisotopic (exact) mass is 403 g/mol. The highest BCUT2D eigenvalue weighted by atomic mass is 32.2. The van der Waals surface area contributed by atoms with Gasteiger partial charge < -0.3 is 15.0 Å². The minimum Gasteiger partial charge on any atom is -0.497 e. The molecule has 0 unspecified atom stereocenters. The summed E-state index contributed by atoms with van der Waals surface area (Å²) < 4.78 is 32.9. The smallest absolute Gasteiger partial charge is 0.321 e. The van der Waals surface area contributed by atoms with Crippen LogP contribution in [0.15, 0.2) is 53.4 Å². The van der Waals surface area contributed by atoms with Crippen molar-refractivity contribution in [2.45, 2.75) is 30.7 Å². The number of carbonyl (C=O) groups is 1. The van der Waals surface area contributed by atoms with Gasteiger partial charge in [-0.15, -0.1) is 0 Å². The highest BCUT2D eigenvalue weighted by Gasteiger charge is 2.27. The van der Waals surface area contributed by atoms with Crippen molar-refractivity contribution in [3.05, 3.63) is 54.1 Å². The first-order valence-electron chi connectivity index (χ1n) is 9.17. The normalized spacial score (nSPS) is 15.3. The van der Waals surface area contributed by atoms with E-state index in [1.807, 2.05) is 31.2 Å². The number of piperidine rings is 1. The van der Waals surface area contributed by atoms with Crippen molar-refractivity contribution in [3.63, 3.8) is 0 Å². The largest absolute Gasteiger partial charge is 0.497 e. The summed E-state index contributed by atoms with van der Waals surface area (Å²) in [5.41, 5.74) is 1.79. The summed E-state index contributed by atoms with van der Waals surface area (Å²) in [5.74, 6) is 0.604. The molecule has 0 bridgehead atoms. The second-order valence-corrected chi connectivity index (χ2v) is 8.52. The number of likely N-dealkylation sites (tertiary alicyclic amines) is 1. The van der Waals surface area contributed by atoms with Gasteiger partial charge in [0.1, 0.15) is 5.75 Å². The third-order valence-electron chi connectivity index (χ3n) is 4.86. The number of sulfonamides is 1. The topological polar surface area (TPSA) is 87.7 Å². The standard InChI is InChI=1S/C20H25N3O4S/c1-15-5-3-4-6-19(15)21-20(24)23-13-11-16(12-14-23)22-28(25,26)18-9-7-17(27-2)8-10-18/h3-10,16,22H,11-14H2,1-2H3,(H,21,24). The molecule has 0 saturated carbocycles. The number of aryl methyl sites for hydroxylation is 1. The van der Waals surface area contributed by atoms with Gasteiger partial charge in [-0.25, -0.2) is 17.9 Å². The van der Waals surface area contributed by atoms with E-state index in [1.165, 1.54) is 19.2 Å². The number of nitrogens with one attached hydrogen (secondary N) is 2. The van der Waals surface area contributed by atoms with E-state index in [1.54, 1.807) is 17.0 Å². The molecule has 3 rings (SSSR count). The van der Waals surface area contributed by atoms with Crippen molar-refractivity contribution in [2.24, 2.45) is 0 Å². The van der Waals surface area contributed by atoms with Crippen molar-refractivity contribution < 1.29 is 17.9 Å². The van der Waals surface area contributed by atoms with Gasteiger partial charge in [0, 0.05) is 24.8 Å². The number of nitrogens with zero attached hydrogens (tertiary/aromatic N) is 1. The maximum absolute atomic E-state index is 12.5. The van der Waals surface area contributed by atoms with Crippen molar-refractivity contribution in [1.82, 2.24) is 9.62 Å². The summed E-state index contributed by atoms with van der Waals surface area (Å²) in [6.07, 6.45) is 1.13. The van der Waals surface area contributed by atoms with Crippen LogP contribution < -0.4 is 14.8 Å². The lowest BCUT2D eigenvalue weighted by molar-refractivity contribution is 0.193. The molecular formula is C20H25N3O4S. The Hall–Kier alpha value is -2.58. The van der Waals surface area contributed by atoms with E-state index in [0.717, 1.165) is 11.3 Å². The maximum Gasteiger partial charge on any atom is 0.321 e. The molecule has 8 heteroatoms. The molecule has 150 valence electrons. The third kappa shape index (κ3) is 4.82. The zero-order valence-corrected chi connectivity index (χ0v) is 16.8. The Kier molecular flexibility index (Phi) is 6.21. The second-order valence-electron chi connectivity index (χ2n) is 6.80. The summed E-state index contributed by atoms with van der Waals surface area (Å²) in [7, 11) is -2.07. The average Bonchev–Trinajstić information content (AvgIpc) is 2.70. The summed E-state index contributed by atoms with van der Waals surface area (Å²) in [5, 5.41) is 2.92. The Morgan fingerprint density at radius 3 is 2.32 bits per heavy atom. The molecule has 0 aliphatic carbocycles. The van der Waals surface area contributed by atoms with Crippen LogP contribution in [-0.4, -0.2) is 45.6 Å². The Balaban J connectivity index is 1.54. The number of methoxy groups -OCH3 is 1. The van der Waals surface area contributed by atoms with Crippen LogP contribution in [0.25, 0.3) is 0 Å². The summed E-state index contributed by atoms with van der Waals surface area (Å²) >= 11 is 0. The lowest BCUT2D eigenvalue weighted by atomic mass is 10.1. The maximum atomic E-state index is 12.5. The first kappa shape index (κ1) is 20.2. The first-order valence-corrected chi connectivity index (χ1v) is 10.7. The Morgan fingerprint density at radius 1 is 1.07 bits per heavy atom. The number of hydrogen-bond donors (Lipinski definition) is 2. The average molecular weight is 404 g/mol. The number of anilines is 1. The number of para-hydroxylation sites is 1. The van der Waals surface area contributed by atoms with E-state index in [4.69, 9.17) is 4.74 Å². The molecule has 1 heterocycles. The Labute approximate surface area is 165 Å². The van der Waals surface area contributed by atoms with Gasteiger partial charge in [0.2, 0.25) is 10.0 Å². The molecule has 2 aromatic carbocycles. The van der Waals surface area contributed by atoms with E-state index >= 15 is 0 Å². The number of amides is 2. The van der Waals surface area contributed by atoms with Gasteiger partial charge in [-0.05, 0) is 55.7 Å². The van der Waals surface area contributed by atoms with Gasteiger partial charge in [-0.1, -0.05) is 18.2 Å². The predicted molar refractivity (Wildman–Crippen MR) is 108 cm³/mol. The molecule has 2 aromatic rings. The van der Waals surface area contributed by atoms with Crippen LogP contribution >= 0.6 is 0 Å². The fourth-order valence-electron chi connectivity index (χ4n) is 3.15. The summed E-state index contributed by atoms with van der Waals surface area (Å²) in [6, 6.07) is 13.5. The van der Waals surface area contributed by atoms with Gasteiger partial charge in [0.05, 0.1) is 12.0 Å². The molecule has 1 aliphatic heterocycles.